The van der Waals surface area contributed by atoms with Crippen molar-refractivity contribution >= 4 is 40.5 Å². The van der Waals surface area contributed by atoms with Crippen molar-refractivity contribution in [3.05, 3.63) is 56.5 Å². The minimum atomic E-state index is 0.440. The number of methoxy groups -OCH3 is 1. The molecule has 0 aromatic heterocycles. The Labute approximate surface area is 133 Å². The van der Waals surface area contributed by atoms with E-state index in [0.717, 1.165) is 17.0 Å². The van der Waals surface area contributed by atoms with Gasteiger partial charge in [0.15, 0.2) is 0 Å². The number of hydrogen-bond acceptors (Lipinski definition) is 2. The van der Waals surface area contributed by atoms with Crippen molar-refractivity contribution in [3.63, 3.8) is 0 Å². The van der Waals surface area contributed by atoms with Crippen LogP contribution in [-0.4, -0.2) is 7.11 Å². The fourth-order valence-corrected chi connectivity index (χ4v) is 2.51. The van der Waals surface area contributed by atoms with Gasteiger partial charge < -0.3 is 10.1 Å². The van der Waals surface area contributed by atoms with E-state index in [1.165, 1.54) is 5.56 Å². The van der Waals surface area contributed by atoms with E-state index in [9.17, 15) is 0 Å². The fourth-order valence-electron chi connectivity index (χ4n) is 1.89. The topological polar surface area (TPSA) is 21.3 Å². The Morgan fingerprint density at radius 1 is 1.00 bits per heavy atom. The van der Waals surface area contributed by atoms with Gasteiger partial charge in [-0.1, -0.05) is 52.5 Å². The first kappa shape index (κ1) is 15.3. The Bertz CT molecular complexity index is 629. The van der Waals surface area contributed by atoms with E-state index >= 15 is 0 Å². The summed E-state index contributed by atoms with van der Waals surface area (Å²) in [6.45, 7) is 2.62. The van der Waals surface area contributed by atoms with Crippen molar-refractivity contribution in [1.82, 2.24) is 0 Å². The number of halogens is 3. The molecule has 0 amide bonds. The first-order chi connectivity index (χ1) is 9.51. The zero-order valence-corrected chi connectivity index (χ0v) is 13.4. The van der Waals surface area contributed by atoms with Gasteiger partial charge in [-0.3, -0.25) is 0 Å². The average molecular weight is 331 g/mol. The van der Waals surface area contributed by atoms with E-state index in [2.05, 4.69) is 11.4 Å². The Morgan fingerprint density at radius 3 is 2.40 bits per heavy atom. The summed E-state index contributed by atoms with van der Waals surface area (Å²) in [6, 6.07) is 9.37. The number of aryl methyl sites for hydroxylation is 1. The zero-order chi connectivity index (χ0) is 14.7. The minimum absolute atomic E-state index is 0.440. The molecule has 0 saturated heterocycles. The highest BCUT2D eigenvalue weighted by Crippen LogP contribution is 2.33. The van der Waals surface area contributed by atoms with Gasteiger partial charge in [0.2, 0.25) is 0 Å². The standard InChI is InChI=1S/C15H14Cl3NO/c1-9-3-4-15(20-2)10(5-9)8-19-14-7-12(17)11(16)6-13(14)18/h3-7,19H,8H2,1-2H3. The summed E-state index contributed by atoms with van der Waals surface area (Å²) in [5, 5.41) is 4.69. The zero-order valence-electron chi connectivity index (χ0n) is 11.1. The molecule has 0 aliphatic carbocycles. The summed E-state index contributed by atoms with van der Waals surface area (Å²) in [7, 11) is 1.65. The molecule has 2 rings (SSSR count). The molecule has 106 valence electrons. The Morgan fingerprint density at radius 2 is 1.70 bits per heavy atom. The SMILES string of the molecule is COc1ccc(C)cc1CNc1cc(Cl)c(Cl)cc1Cl. The van der Waals surface area contributed by atoms with Crippen molar-refractivity contribution < 1.29 is 4.74 Å². The smallest absolute Gasteiger partial charge is 0.123 e. The third-order valence-corrected chi connectivity index (χ3v) is 3.95. The van der Waals surface area contributed by atoms with E-state index in [1.807, 2.05) is 19.1 Å². The molecular weight excluding hydrogens is 317 g/mol. The highest BCUT2D eigenvalue weighted by Gasteiger charge is 2.08. The summed E-state index contributed by atoms with van der Waals surface area (Å²) in [6.07, 6.45) is 0. The highest BCUT2D eigenvalue weighted by atomic mass is 35.5. The van der Waals surface area contributed by atoms with Gasteiger partial charge >= 0.3 is 0 Å². The Balaban J connectivity index is 2.21. The van der Waals surface area contributed by atoms with Gasteiger partial charge in [0.1, 0.15) is 5.75 Å². The van der Waals surface area contributed by atoms with Crippen LogP contribution in [0.2, 0.25) is 15.1 Å². The maximum absolute atomic E-state index is 6.14. The lowest BCUT2D eigenvalue weighted by molar-refractivity contribution is 0.410. The fraction of sp³-hybridized carbons (Fsp3) is 0.200. The Hall–Kier alpha value is -1.09. The predicted octanol–water partition coefficient (Wildman–Crippen LogP) is 5.58. The molecule has 0 bridgehead atoms. The van der Waals surface area contributed by atoms with Crippen LogP contribution < -0.4 is 10.1 Å². The van der Waals surface area contributed by atoms with E-state index in [-0.39, 0.29) is 0 Å². The maximum Gasteiger partial charge on any atom is 0.123 e. The van der Waals surface area contributed by atoms with Crippen LogP contribution in [0.1, 0.15) is 11.1 Å². The van der Waals surface area contributed by atoms with Gasteiger partial charge in [0.05, 0.1) is 27.9 Å². The first-order valence-corrected chi connectivity index (χ1v) is 7.16. The molecule has 0 saturated carbocycles. The number of rotatable bonds is 4. The van der Waals surface area contributed by atoms with E-state index in [0.29, 0.717) is 21.6 Å². The number of ether oxygens (including phenoxy) is 1. The third kappa shape index (κ3) is 3.51. The van der Waals surface area contributed by atoms with Gasteiger partial charge in [-0.05, 0) is 25.1 Å². The van der Waals surface area contributed by atoms with Crippen LogP contribution in [0, 0.1) is 6.92 Å². The molecule has 0 atom stereocenters. The minimum Gasteiger partial charge on any atom is -0.496 e. The van der Waals surface area contributed by atoms with E-state index in [1.54, 1.807) is 19.2 Å². The van der Waals surface area contributed by atoms with Crippen LogP contribution in [0.3, 0.4) is 0 Å². The summed E-state index contributed by atoms with van der Waals surface area (Å²) >= 11 is 18.0. The van der Waals surface area contributed by atoms with Crippen molar-refractivity contribution in [3.8, 4) is 5.75 Å². The van der Waals surface area contributed by atoms with Crippen molar-refractivity contribution in [2.45, 2.75) is 13.5 Å². The monoisotopic (exact) mass is 329 g/mol. The third-order valence-electron chi connectivity index (χ3n) is 2.92. The molecule has 0 unspecified atom stereocenters. The second-order valence-corrected chi connectivity index (χ2v) is 5.64. The summed E-state index contributed by atoms with van der Waals surface area (Å²) < 4.78 is 5.34. The van der Waals surface area contributed by atoms with E-state index in [4.69, 9.17) is 39.5 Å². The lowest BCUT2D eigenvalue weighted by Gasteiger charge is -2.13. The van der Waals surface area contributed by atoms with Crippen LogP contribution in [0.4, 0.5) is 5.69 Å². The molecule has 0 spiro atoms. The first-order valence-electron chi connectivity index (χ1n) is 6.03. The lowest BCUT2D eigenvalue weighted by atomic mass is 10.1. The average Bonchev–Trinajstić information content (AvgIpc) is 2.41. The second-order valence-electron chi connectivity index (χ2n) is 4.42. The molecule has 0 heterocycles. The summed E-state index contributed by atoms with van der Waals surface area (Å²) in [5.74, 6) is 0.833. The van der Waals surface area contributed by atoms with Crippen LogP contribution in [-0.2, 0) is 6.54 Å². The van der Waals surface area contributed by atoms with Crippen molar-refractivity contribution in [2.24, 2.45) is 0 Å². The predicted molar refractivity (Wildman–Crippen MR) is 86.5 cm³/mol. The molecule has 2 nitrogen and oxygen atoms in total. The molecule has 20 heavy (non-hydrogen) atoms. The lowest BCUT2D eigenvalue weighted by Crippen LogP contribution is -2.02. The van der Waals surface area contributed by atoms with Crippen LogP contribution in [0.15, 0.2) is 30.3 Å². The molecule has 0 aliphatic heterocycles. The number of hydrogen-bond donors (Lipinski definition) is 1. The molecule has 2 aromatic rings. The quantitative estimate of drug-likeness (QED) is 0.739. The molecule has 0 fully saturated rings. The van der Waals surface area contributed by atoms with Gasteiger partial charge in [0.25, 0.3) is 0 Å². The molecule has 1 N–H and O–H groups in total. The Kier molecular flexibility index (Phi) is 5.03. The second kappa shape index (κ2) is 6.57. The molecular formula is C15H14Cl3NO. The van der Waals surface area contributed by atoms with Crippen LogP contribution >= 0.6 is 34.8 Å². The van der Waals surface area contributed by atoms with Gasteiger partial charge in [-0.2, -0.15) is 0 Å². The van der Waals surface area contributed by atoms with E-state index < -0.39 is 0 Å². The van der Waals surface area contributed by atoms with Crippen molar-refractivity contribution in [2.75, 3.05) is 12.4 Å². The molecule has 0 aliphatic rings. The maximum atomic E-state index is 6.14. The summed E-state index contributed by atoms with van der Waals surface area (Å²) in [5.41, 5.74) is 2.96. The van der Waals surface area contributed by atoms with Crippen LogP contribution in [0.25, 0.3) is 0 Å². The van der Waals surface area contributed by atoms with Gasteiger partial charge in [-0.15, -0.1) is 0 Å². The molecule has 0 radical (unpaired) electrons. The number of anilines is 1. The highest BCUT2D eigenvalue weighted by molar-refractivity contribution is 6.44. The molecule has 5 heteroatoms. The normalized spacial score (nSPS) is 10.4. The summed E-state index contributed by atoms with van der Waals surface area (Å²) in [4.78, 5) is 0. The van der Waals surface area contributed by atoms with Crippen molar-refractivity contribution in [1.29, 1.82) is 0 Å². The van der Waals surface area contributed by atoms with Gasteiger partial charge in [0, 0.05) is 12.1 Å². The van der Waals surface area contributed by atoms with Crippen LogP contribution in [0.5, 0.6) is 5.75 Å². The number of benzene rings is 2. The number of nitrogens with one attached hydrogen (secondary N) is 1. The largest absolute Gasteiger partial charge is 0.496 e. The molecule has 2 aromatic carbocycles. The van der Waals surface area contributed by atoms with Gasteiger partial charge in [-0.25, -0.2) is 0 Å².